The Morgan fingerprint density at radius 3 is 2.80 bits per heavy atom. The van der Waals surface area contributed by atoms with Crippen LogP contribution in [0.25, 0.3) is 0 Å². The topological polar surface area (TPSA) is 27.1 Å². The van der Waals surface area contributed by atoms with Gasteiger partial charge in [-0.2, -0.15) is 5.10 Å². The van der Waals surface area contributed by atoms with Gasteiger partial charge in [-0.05, 0) is 13.8 Å². The Hall–Kier alpha value is -0.990. The molecule has 0 aliphatic rings. The van der Waals surface area contributed by atoms with E-state index in [1.807, 2.05) is 20.9 Å². The van der Waals surface area contributed by atoms with Crippen LogP contribution in [0.2, 0.25) is 0 Å². The minimum Gasteiger partial charge on any atom is -0.475 e. The molecule has 1 aromatic heterocycles. The van der Waals surface area contributed by atoms with Crippen LogP contribution in [-0.2, 0) is 7.05 Å². The number of ether oxygens (including phenoxy) is 1. The van der Waals surface area contributed by atoms with Gasteiger partial charge in [-0.15, -0.1) is 0 Å². The molecule has 55 valence electrons. The first kappa shape index (κ1) is 7.12. The molecular formula is C7H11N2O. The van der Waals surface area contributed by atoms with Gasteiger partial charge in [0.1, 0.15) is 6.20 Å². The molecule has 0 unspecified atom stereocenters. The monoisotopic (exact) mass is 139 g/mol. The van der Waals surface area contributed by atoms with Gasteiger partial charge in [0.05, 0.1) is 6.10 Å². The third-order valence-electron chi connectivity index (χ3n) is 1.07. The summed E-state index contributed by atoms with van der Waals surface area (Å²) < 4.78 is 7.01. The van der Waals surface area contributed by atoms with Gasteiger partial charge in [-0.1, -0.05) is 0 Å². The van der Waals surface area contributed by atoms with E-state index in [0.717, 1.165) is 5.88 Å². The first-order valence-corrected chi connectivity index (χ1v) is 3.27. The summed E-state index contributed by atoms with van der Waals surface area (Å²) in [4.78, 5) is 0. The van der Waals surface area contributed by atoms with Crippen LogP contribution >= 0.6 is 0 Å². The molecule has 1 radical (unpaired) electrons. The minimum absolute atomic E-state index is 0.198. The molecule has 0 amide bonds. The van der Waals surface area contributed by atoms with Crippen molar-refractivity contribution in [1.29, 1.82) is 0 Å². The Kier molecular flexibility index (Phi) is 1.94. The molecule has 1 rings (SSSR count). The summed E-state index contributed by atoms with van der Waals surface area (Å²) in [6.45, 7) is 3.96. The first-order valence-electron chi connectivity index (χ1n) is 3.27. The molecule has 3 heteroatoms. The number of nitrogens with zero attached hydrogens (tertiary/aromatic N) is 2. The second kappa shape index (κ2) is 2.73. The molecule has 0 fully saturated rings. The van der Waals surface area contributed by atoms with E-state index in [9.17, 15) is 0 Å². The van der Waals surface area contributed by atoms with Crippen molar-refractivity contribution in [3.63, 3.8) is 0 Å². The zero-order chi connectivity index (χ0) is 7.56. The molecule has 1 aromatic rings. The third-order valence-corrected chi connectivity index (χ3v) is 1.07. The van der Waals surface area contributed by atoms with E-state index in [1.54, 1.807) is 10.7 Å². The maximum atomic E-state index is 5.35. The van der Waals surface area contributed by atoms with E-state index >= 15 is 0 Å². The molecule has 0 saturated carbocycles. The number of hydrogen-bond donors (Lipinski definition) is 0. The summed E-state index contributed by atoms with van der Waals surface area (Å²) in [7, 11) is 1.83. The summed E-state index contributed by atoms with van der Waals surface area (Å²) in [5.41, 5.74) is 0. The van der Waals surface area contributed by atoms with Crippen LogP contribution in [0.15, 0.2) is 6.07 Å². The maximum Gasteiger partial charge on any atom is 0.212 e. The van der Waals surface area contributed by atoms with E-state index in [2.05, 4.69) is 11.3 Å². The van der Waals surface area contributed by atoms with E-state index in [1.165, 1.54) is 0 Å². The lowest BCUT2D eigenvalue weighted by Gasteiger charge is -2.07. The Morgan fingerprint density at radius 1 is 1.70 bits per heavy atom. The van der Waals surface area contributed by atoms with Crippen LogP contribution in [0.3, 0.4) is 0 Å². The fourth-order valence-corrected chi connectivity index (χ4v) is 0.665. The Balaban J connectivity index is 2.65. The van der Waals surface area contributed by atoms with Gasteiger partial charge in [0.2, 0.25) is 5.88 Å². The summed E-state index contributed by atoms with van der Waals surface area (Å²) in [6, 6.07) is 1.72. The lowest BCUT2D eigenvalue weighted by Crippen LogP contribution is -2.08. The van der Waals surface area contributed by atoms with Crippen LogP contribution in [0.4, 0.5) is 0 Å². The highest BCUT2D eigenvalue weighted by atomic mass is 16.5. The highest BCUT2D eigenvalue weighted by molar-refractivity contribution is 5.05. The van der Waals surface area contributed by atoms with Crippen LogP contribution in [0, 0.1) is 6.20 Å². The molecular weight excluding hydrogens is 128 g/mol. The van der Waals surface area contributed by atoms with Crippen molar-refractivity contribution in [3.05, 3.63) is 12.3 Å². The van der Waals surface area contributed by atoms with Gasteiger partial charge >= 0.3 is 0 Å². The van der Waals surface area contributed by atoms with Gasteiger partial charge in [-0.3, -0.25) is 0 Å². The zero-order valence-corrected chi connectivity index (χ0v) is 6.46. The summed E-state index contributed by atoms with van der Waals surface area (Å²) in [5.74, 6) is 0.759. The lowest BCUT2D eigenvalue weighted by molar-refractivity contribution is 0.221. The predicted octanol–water partition coefficient (Wildman–Crippen LogP) is 1.01. The number of aromatic nitrogens is 2. The van der Waals surface area contributed by atoms with E-state index in [0.29, 0.717) is 0 Å². The first-order chi connectivity index (χ1) is 4.70. The van der Waals surface area contributed by atoms with Crippen molar-refractivity contribution in [2.75, 3.05) is 0 Å². The summed E-state index contributed by atoms with van der Waals surface area (Å²) in [5, 5.41) is 3.84. The normalized spacial score (nSPS) is 10.4. The van der Waals surface area contributed by atoms with Crippen LogP contribution < -0.4 is 4.74 Å². The summed E-state index contributed by atoms with van der Waals surface area (Å²) >= 11 is 0. The Labute approximate surface area is 60.6 Å². The van der Waals surface area contributed by atoms with Crippen molar-refractivity contribution in [3.8, 4) is 5.88 Å². The van der Waals surface area contributed by atoms with Crippen molar-refractivity contribution < 1.29 is 4.74 Å². The lowest BCUT2D eigenvalue weighted by atomic mass is 10.5. The molecule has 3 nitrogen and oxygen atoms in total. The minimum atomic E-state index is 0.198. The van der Waals surface area contributed by atoms with E-state index in [4.69, 9.17) is 4.74 Å². The van der Waals surface area contributed by atoms with Crippen LogP contribution in [0.1, 0.15) is 13.8 Å². The highest BCUT2D eigenvalue weighted by Gasteiger charge is 2.00. The SMILES string of the molecule is CC(C)Oc1c[c]nn1C. The van der Waals surface area contributed by atoms with Crippen molar-refractivity contribution >= 4 is 0 Å². The average Bonchev–Trinajstić information content (AvgIpc) is 2.15. The fraction of sp³-hybridized carbons (Fsp3) is 0.571. The van der Waals surface area contributed by atoms with Gasteiger partial charge in [-0.25, -0.2) is 4.68 Å². The van der Waals surface area contributed by atoms with Gasteiger partial charge < -0.3 is 4.74 Å². The Bertz CT molecular complexity index is 205. The molecule has 0 aliphatic heterocycles. The van der Waals surface area contributed by atoms with Gasteiger partial charge in [0.25, 0.3) is 0 Å². The molecule has 0 spiro atoms. The van der Waals surface area contributed by atoms with Crippen molar-refractivity contribution in [2.45, 2.75) is 20.0 Å². The molecule has 0 N–H and O–H groups in total. The number of aryl methyl sites for hydroxylation is 1. The molecule has 0 atom stereocenters. The standard InChI is InChI=1S/C7H11N2O/c1-6(2)10-7-4-5-8-9(7)3/h4,6H,1-3H3. The molecule has 10 heavy (non-hydrogen) atoms. The van der Waals surface area contributed by atoms with E-state index in [-0.39, 0.29) is 6.10 Å². The van der Waals surface area contributed by atoms with Gasteiger partial charge in [0, 0.05) is 13.1 Å². The second-order valence-corrected chi connectivity index (χ2v) is 2.40. The fourth-order valence-electron chi connectivity index (χ4n) is 0.665. The maximum absolute atomic E-state index is 5.35. The Morgan fingerprint density at radius 2 is 2.40 bits per heavy atom. The number of hydrogen-bond acceptors (Lipinski definition) is 2. The second-order valence-electron chi connectivity index (χ2n) is 2.40. The van der Waals surface area contributed by atoms with Crippen molar-refractivity contribution in [2.24, 2.45) is 7.05 Å². The molecule has 0 aromatic carbocycles. The summed E-state index contributed by atoms with van der Waals surface area (Å²) in [6.07, 6.45) is 2.89. The molecule has 0 bridgehead atoms. The largest absolute Gasteiger partial charge is 0.475 e. The number of rotatable bonds is 2. The zero-order valence-electron chi connectivity index (χ0n) is 6.46. The quantitative estimate of drug-likeness (QED) is 0.611. The predicted molar refractivity (Wildman–Crippen MR) is 37.8 cm³/mol. The van der Waals surface area contributed by atoms with E-state index < -0.39 is 0 Å². The highest BCUT2D eigenvalue weighted by Crippen LogP contribution is 2.07. The van der Waals surface area contributed by atoms with Gasteiger partial charge in [0.15, 0.2) is 0 Å². The molecule has 0 saturated heterocycles. The third kappa shape index (κ3) is 1.50. The smallest absolute Gasteiger partial charge is 0.212 e. The molecule has 0 aliphatic carbocycles. The van der Waals surface area contributed by atoms with Crippen LogP contribution in [-0.4, -0.2) is 15.9 Å². The average molecular weight is 139 g/mol. The van der Waals surface area contributed by atoms with Crippen molar-refractivity contribution in [1.82, 2.24) is 9.78 Å². The molecule has 1 heterocycles. The van der Waals surface area contributed by atoms with Crippen LogP contribution in [0.5, 0.6) is 5.88 Å².